The lowest BCUT2D eigenvalue weighted by Gasteiger charge is -2.10. The van der Waals surface area contributed by atoms with Crippen molar-refractivity contribution < 1.29 is 4.79 Å². The van der Waals surface area contributed by atoms with E-state index in [-0.39, 0.29) is 18.5 Å². The van der Waals surface area contributed by atoms with E-state index < -0.39 is 0 Å². The largest absolute Gasteiger partial charge is 0.351 e. The first-order valence-corrected chi connectivity index (χ1v) is 4.27. The Kier molecular flexibility index (Phi) is 3.68. The fourth-order valence-electron chi connectivity index (χ4n) is 1.01. The van der Waals surface area contributed by atoms with Gasteiger partial charge in [-0.25, -0.2) is 9.67 Å². The normalized spacial score (nSPS) is 11.7. The van der Waals surface area contributed by atoms with Gasteiger partial charge in [0, 0.05) is 12.5 Å². The second-order valence-electron chi connectivity index (χ2n) is 2.97. The van der Waals surface area contributed by atoms with Crippen LogP contribution in [0.5, 0.6) is 0 Å². The highest BCUT2D eigenvalue weighted by molar-refractivity contribution is 5.75. The molecule has 1 aromatic rings. The van der Waals surface area contributed by atoms with Crippen molar-refractivity contribution in [2.75, 3.05) is 0 Å². The van der Waals surface area contributed by atoms with Crippen molar-refractivity contribution >= 4 is 5.91 Å². The molecule has 1 N–H and O–H groups in total. The maximum Gasteiger partial charge on any atom is 0.242 e. The van der Waals surface area contributed by atoms with E-state index in [0.29, 0.717) is 6.42 Å². The van der Waals surface area contributed by atoms with Gasteiger partial charge in [0.15, 0.2) is 0 Å². The minimum absolute atomic E-state index is 0.00368. The van der Waals surface area contributed by atoms with Crippen molar-refractivity contribution in [1.29, 1.82) is 0 Å². The Bertz CT molecular complexity index is 325. The van der Waals surface area contributed by atoms with E-state index in [2.05, 4.69) is 21.3 Å². The lowest BCUT2D eigenvalue weighted by molar-refractivity contribution is -0.122. The Morgan fingerprint density at radius 1 is 1.79 bits per heavy atom. The summed E-state index contributed by atoms with van der Waals surface area (Å²) < 4.78 is 1.46. The van der Waals surface area contributed by atoms with Crippen LogP contribution in [-0.4, -0.2) is 26.7 Å². The molecule has 0 aliphatic carbocycles. The molecule has 0 bridgehead atoms. The zero-order valence-corrected chi connectivity index (χ0v) is 7.97. The van der Waals surface area contributed by atoms with Crippen LogP contribution in [0.1, 0.15) is 13.3 Å². The second-order valence-corrected chi connectivity index (χ2v) is 2.97. The molecule has 0 aliphatic heterocycles. The van der Waals surface area contributed by atoms with Gasteiger partial charge in [-0.3, -0.25) is 4.79 Å². The highest BCUT2D eigenvalue weighted by Gasteiger charge is 2.06. The van der Waals surface area contributed by atoms with E-state index in [1.165, 1.54) is 17.3 Å². The molecule has 0 radical (unpaired) electrons. The van der Waals surface area contributed by atoms with Gasteiger partial charge in [0.05, 0.1) is 0 Å². The zero-order valence-electron chi connectivity index (χ0n) is 7.97. The fraction of sp³-hybridized carbons (Fsp3) is 0.444. The molecule has 1 rings (SSSR count). The van der Waals surface area contributed by atoms with E-state index in [9.17, 15) is 4.79 Å². The Hall–Kier alpha value is -1.83. The van der Waals surface area contributed by atoms with Crippen LogP contribution < -0.4 is 5.32 Å². The first-order valence-electron chi connectivity index (χ1n) is 4.27. The lowest BCUT2D eigenvalue weighted by atomic mass is 10.2. The summed E-state index contributed by atoms with van der Waals surface area (Å²) in [7, 11) is 0. The Labute approximate surface area is 82.5 Å². The molecule has 1 heterocycles. The van der Waals surface area contributed by atoms with E-state index in [4.69, 9.17) is 6.42 Å². The predicted molar refractivity (Wildman–Crippen MR) is 51.1 cm³/mol. The average Bonchev–Trinajstić information content (AvgIpc) is 2.56. The highest BCUT2D eigenvalue weighted by Crippen LogP contribution is 1.88. The first kappa shape index (κ1) is 10.3. The van der Waals surface area contributed by atoms with Crippen LogP contribution in [0.15, 0.2) is 12.7 Å². The van der Waals surface area contributed by atoms with Crippen molar-refractivity contribution in [1.82, 2.24) is 20.1 Å². The fourth-order valence-corrected chi connectivity index (χ4v) is 1.01. The summed E-state index contributed by atoms with van der Waals surface area (Å²) in [5.41, 5.74) is 0. The van der Waals surface area contributed by atoms with E-state index in [1.54, 1.807) is 0 Å². The standard InChI is InChI=1S/C9H12N4O/c1-3-4-8(2)12-9(14)5-13-7-10-6-11-13/h1,6-8H,4-5H2,2H3,(H,12,14). The number of terminal acetylenes is 1. The van der Waals surface area contributed by atoms with Crippen molar-refractivity contribution in [2.45, 2.75) is 25.9 Å². The Morgan fingerprint density at radius 2 is 2.57 bits per heavy atom. The molecule has 0 fully saturated rings. The number of carbonyl (C=O) groups excluding carboxylic acids is 1. The van der Waals surface area contributed by atoms with Crippen molar-refractivity contribution in [3.8, 4) is 12.3 Å². The summed E-state index contributed by atoms with van der Waals surface area (Å²) in [4.78, 5) is 15.1. The third-order valence-electron chi connectivity index (χ3n) is 1.60. The molecule has 0 spiro atoms. The molecule has 1 atom stereocenters. The van der Waals surface area contributed by atoms with Gasteiger partial charge >= 0.3 is 0 Å². The number of nitrogens with zero attached hydrogens (tertiary/aromatic N) is 3. The van der Waals surface area contributed by atoms with Gasteiger partial charge < -0.3 is 5.32 Å². The summed E-state index contributed by atoms with van der Waals surface area (Å²) in [6.07, 6.45) is 8.52. The van der Waals surface area contributed by atoms with Gasteiger partial charge in [-0.15, -0.1) is 12.3 Å². The number of rotatable bonds is 4. The first-order chi connectivity index (χ1) is 6.72. The highest BCUT2D eigenvalue weighted by atomic mass is 16.2. The van der Waals surface area contributed by atoms with Crippen LogP contribution in [-0.2, 0) is 11.3 Å². The van der Waals surface area contributed by atoms with Gasteiger partial charge in [-0.1, -0.05) is 0 Å². The van der Waals surface area contributed by atoms with Crippen molar-refractivity contribution in [3.63, 3.8) is 0 Å². The van der Waals surface area contributed by atoms with Crippen molar-refractivity contribution in [2.24, 2.45) is 0 Å². The molecular formula is C9H12N4O. The number of hydrogen-bond donors (Lipinski definition) is 1. The smallest absolute Gasteiger partial charge is 0.242 e. The molecule has 1 unspecified atom stereocenters. The summed E-state index contributed by atoms with van der Waals surface area (Å²) in [6.45, 7) is 2.04. The van der Waals surface area contributed by atoms with Crippen LogP contribution >= 0.6 is 0 Å². The number of amides is 1. The van der Waals surface area contributed by atoms with Crippen LogP contribution in [0, 0.1) is 12.3 Å². The third-order valence-corrected chi connectivity index (χ3v) is 1.60. The summed E-state index contributed by atoms with van der Waals surface area (Å²) in [5, 5.41) is 6.56. The Morgan fingerprint density at radius 3 is 3.14 bits per heavy atom. The van der Waals surface area contributed by atoms with Crippen LogP contribution in [0.25, 0.3) is 0 Å². The summed E-state index contributed by atoms with van der Waals surface area (Å²) >= 11 is 0. The average molecular weight is 192 g/mol. The SMILES string of the molecule is C#CCC(C)NC(=O)Cn1cncn1. The molecule has 0 aliphatic rings. The van der Waals surface area contributed by atoms with Gasteiger partial charge in [0.1, 0.15) is 19.2 Å². The van der Waals surface area contributed by atoms with Crippen LogP contribution in [0.2, 0.25) is 0 Å². The molecule has 5 nitrogen and oxygen atoms in total. The molecule has 14 heavy (non-hydrogen) atoms. The molecule has 0 saturated heterocycles. The van der Waals surface area contributed by atoms with Gasteiger partial charge in [0.2, 0.25) is 5.91 Å². The molecule has 0 aromatic carbocycles. The summed E-state index contributed by atoms with van der Waals surface area (Å²) in [6, 6.07) is -0.00368. The predicted octanol–water partition coefficient (Wildman–Crippen LogP) is -0.194. The summed E-state index contributed by atoms with van der Waals surface area (Å²) in [5.74, 6) is 2.37. The van der Waals surface area contributed by atoms with E-state index >= 15 is 0 Å². The van der Waals surface area contributed by atoms with E-state index in [0.717, 1.165) is 0 Å². The van der Waals surface area contributed by atoms with E-state index in [1.807, 2.05) is 6.92 Å². The maximum atomic E-state index is 11.3. The van der Waals surface area contributed by atoms with Gasteiger partial charge in [-0.05, 0) is 6.92 Å². The third kappa shape index (κ3) is 3.27. The molecule has 5 heteroatoms. The van der Waals surface area contributed by atoms with Crippen molar-refractivity contribution in [3.05, 3.63) is 12.7 Å². The molecule has 1 aromatic heterocycles. The van der Waals surface area contributed by atoms with Gasteiger partial charge in [-0.2, -0.15) is 5.10 Å². The quantitative estimate of drug-likeness (QED) is 0.672. The van der Waals surface area contributed by atoms with Gasteiger partial charge in [0.25, 0.3) is 0 Å². The minimum Gasteiger partial charge on any atom is -0.351 e. The second kappa shape index (κ2) is 5.02. The number of nitrogens with one attached hydrogen (secondary N) is 1. The maximum absolute atomic E-state index is 11.3. The number of aromatic nitrogens is 3. The molecule has 74 valence electrons. The monoisotopic (exact) mass is 192 g/mol. The number of hydrogen-bond acceptors (Lipinski definition) is 3. The lowest BCUT2D eigenvalue weighted by Crippen LogP contribution is -2.34. The molecular weight excluding hydrogens is 180 g/mol. The van der Waals surface area contributed by atoms with Crippen LogP contribution in [0.3, 0.4) is 0 Å². The molecule has 0 saturated carbocycles. The number of carbonyl (C=O) groups is 1. The minimum atomic E-state index is -0.113. The van der Waals surface area contributed by atoms with Crippen LogP contribution in [0.4, 0.5) is 0 Å². The molecule has 1 amide bonds. The Balaban J connectivity index is 2.33. The zero-order chi connectivity index (χ0) is 10.4. The topological polar surface area (TPSA) is 59.8 Å².